The molecule has 0 radical (unpaired) electrons. The molecule has 6 nitrogen and oxygen atoms in total. The molecule has 0 aliphatic rings. The lowest BCUT2D eigenvalue weighted by atomic mass is 10.2. The Kier molecular flexibility index (Phi) is 5.99. The molecule has 0 aliphatic heterocycles. The third kappa shape index (κ3) is 4.02. The van der Waals surface area contributed by atoms with Crippen LogP contribution in [0, 0.1) is 0 Å². The van der Waals surface area contributed by atoms with Crippen molar-refractivity contribution in [3.8, 4) is 0 Å². The Labute approximate surface area is 168 Å². The fourth-order valence-corrected chi connectivity index (χ4v) is 3.37. The van der Waals surface area contributed by atoms with Gasteiger partial charge in [-0.3, -0.25) is 9.36 Å². The Morgan fingerprint density at radius 3 is 2.64 bits per heavy atom. The largest absolute Gasteiger partial charge is 0.322 e. The zero-order chi connectivity index (χ0) is 20.3. The molecule has 1 N–H and O–H groups in total. The van der Waals surface area contributed by atoms with E-state index in [0.717, 1.165) is 6.42 Å². The van der Waals surface area contributed by atoms with Gasteiger partial charge in [0.2, 0.25) is 0 Å². The summed E-state index contributed by atoms with van der Waals surface area (Å²) in [5, 5.41) is 3.92. The molecule has 1 aromatic heterocycles. The van der Waals surface area contributed by atoms with Gasteiger partial charge in [-0.1, -0.05) is 36.7 Å². The molecule has 0 spiro atoms. The number of anilines is 1. The minimum Gasteiger partial charge on any atom is -0.315 e. The molecular weight excluding hydrogens is 376 g/mol. The summed E-state index contributed by atoms with van der Waals surface area (Å²) in [5.41, 5.74) is 1.08. The van der Waals surface area contributed by atoms with Crippen molar-refractivity contribution in [3.05, 3.63) is 69.7 Å². The molecule has 0 saturated heterocycles. The fraction of sp³-hybridized carbons (Fsp3) is 0.286. The molecule has 3 aromatic rings. The van der Waals surface area contributed by atoms with Gasteiger partial charge in [0.1, 0.15) is 5.82 Å². The molecule has 1 atom stereocenters. The van der Waals surface area contributed by atoms with Crippen LogP contribution in [0.1, 0.15) is 32.1 Å². The highest BCUT2D eigenvalue weighted by Crippen LogP contribution is 2.22. The third-order valence-electron chi connectivity index (χ3n) is 4.67. The number of benzene rings is 2. The van der Waals surface area contributed by atoms with E-state index in [1.54, 1.807) is 30.1 Å². The second-order valence-electron chi connectivity index (χ2n) is 6.66. The highest BCUT2D eigenvalue weighted by molar-refractivity contribution is 6.31. The van der Waals surface area contributed by atoms with Crippen molar-refractivity contribution < 1.29 is 4.79 Å². The number of para-hydroxylation sites is 1. The Bertz CT molecular complexity index is 1050. The van der Waals surface area contributed by atoms with Crippen LogP contribution >= 0.6 is 11.6 Å². The average molecular weight is 399 g/mol. The number of fused-ring (bicyclic) bond motifs is 1. The first-order valence-corrected chi connectivity index (χ1v) is 9.59. The van der Waals surface area contributed by atoms with Gasteiger partial charge in [0.15, 0.2) is 0 Å². The molecule has 1 unspecified atom stereocenters. The number of carbonyl (C=O) groups excluding carboxylic acids is 1. The van der Waals surface area contributed by atoms with Gasteiger partial charge >= 0.3 is 6.03 Å². The second kappa shape index (κ2) is 8.44. The van der Waals surface area contributed by atoms with E-state index in [-0.39, 0.29) is 11.6 Å². The maximum Gasteiger partial charge on any atom is 0.322 e. The van der Waals surface area contributed by atoms with Gasteiger partial charge in [-0.15, -0.1) is 0 Å². The number of hydrogen-bond acceptors (Lipinski definition) is 3. The van der Waals surface area contributed by atoms with Gasteiger partial charge < -0.3 is 10.2 Å². The topological polar surface area (TPSA) is 67.2 Å². The number of aromatic nitrogens is 2. The molecule has 1 heterocycles. The van der Waals surface area contributed by atoms with Gasteiger partial charge in [-0.25, -0.2) is 9.78 Å². The minimum atomic E-state index is -0.398. The monoisotopic (exact) mass is 398 g/mol. The van der Waals surface area contributed by atoms with Crippen LogP contribution in [0.15, 0.2) is 53.3 Å². The predicted molar refractivity (Wildman–Crippen MR) is 113 cm³/mol. The summed E-state index contributed by atoms with van der Waals surface area (Å²) in [4.78, 5) is 32.0. The van der Waals surface area contributed by atoms with Crippen LogP contribution in [0.3, 0.4) is 0 Å². The Balaban J connectivity index is 1.99. The zero-order valence-corrected chi connectivity index (χ0v) is 16.9. The van der Waals surface area contributed by atoms with E-state index in [9.17, 15) is 9.59 Å². The van der Waals surface area contributed by atoms with Crippen molar-refractivity contribution in [2.24, 2.45) is 7.05 Å². The number of amides is 2. The molecule has 0 fully saturated rings. The summed E-state index contributed by atoms with van der Waals surface area (Å²) in [7, 11) is 1.68. The summed E-state index contributed by atoms with van der Waals surface area (Å²) in [5.74, 6) is 0.511. The first-order valence-electron chi connectivity index (χ1n) is 9.21. The lowest BCUT2D eigenvalue weighted by Crippen LogP contribution is -2.40. The Morgan fingerprint density at radius 2 is 1.96 bits per heavy atom. The maximum absolute atomic E-state index is 12.9. The minimum absolute atomic E-state index is 0.163. The number of halogens is 1. The third-order valence-corrected chi connectivity index (χ3v) is 4.90. The number of carbonyl (C=O) groups is 1. The maximum atomic E-state index is 12.9. The second-order valence-corrected chi connectivity index (χ2v) is 7.10. The molecule has 3 rings (SSSR count). The Hall–Kier alpha value is -2.86. The van der Waals surface area contributed by atoms with Crippen molar-refractivity contribution in [3.63, 3.8) is 0 Å². The molecule has 0 bridgehead atoms. The van der Waals surface area contributed by atoms with E-state index < -0.39 is 6.04 Å². The highest BCUT2D eigenvalue weighted by atomic mass is 35.5. The molecule has 2 aromatic carbocycles. The molecule has 2 amide bonds. The molecule has 146 valence electrons. The van der Waals surface area contributed by atoms with Crippen molar-refractivity contribution >= 4 is 34.2 Å². The van der Waals surface area contributed by atoms with Crippen LogP contribution in [0.25, 0.3) is 10.9 Å². The van der Waals surface area contributed by atoms with E-state index in [1.807, 2.05) is 44.2 Å². The standard InChI is InChI=1S/C21H23ClN4O2/c1-4-12-26(21(28)23-16-8-6-5-7-9-16)14(2)19-24-18-13-15(22)10-11-17(18)20(27)25(19)3/h5-11,13-14H,4,12H2,1-3H3,(H,23,28). The van der Waals surface area contributed by atoms with Crippen LogP contribution < -0.4 is 10.9 Å². The number of rotatable bonds is 5. The number of urea groups is 1. The number of hydrogen-bond donors (Lipinski definition) is 1. The van der Waals surface area contributed by atoms with Crippen LogP contribution in [-0.4, -0.2) is 27.0 Å². The van der Waals surface area contributed by atoms with Gasteiger partial charge in [0, 0.05) is 24.3 Å². The lowest BCUT2D eigenvalue weighted by molar-refractivity contribution is 0.189. The summed E-state index contributed by atoms with van der Waals surface area (Å²) in [6.07, 6.45) is 0.778. The smallest absolute Gasteiger partial charge is 0.315 e. The summed E-state index contributed by atoms with van der Waals surface area (Å²) in [6, 6.07) is 13.7. The van der Waals surface area contributed by atoms with Crippen molar-refractivity contribution in [1.82, 2.24) is 14.5 Å². The van der Waals surface area contributed by atoms with Crippen LogP contribution in [-0.2, 0) is 7.05 Å². The molecule has 28 heavy (non-hydrogen) atoms. The molecule has 0 aliphatic carbocycles. The van der Waals surface area contributed by atoms with E-state index in [4.69, 9.17) is 11.6 Å². The van der Waals surface area contributed by atoms with Gasteiger partial charge in [-0.05, 0) is 43.7 Å². The SMILES string of the molecule is CCCN(C(=O)Nc1ccccc1)C(C)c1nc2cc(Cl)ccc2c(=O)n1C. The lowest BCUT2D eigenvalue weighted by Gasteiger charge is -2.29. The van der Waals surface area contributed by atoms with Crippen LogP contribution in [0.5, 0.6) is 0 Å². The predicted octanol–water partition coefficient (Wildman–Crippen LogP) is 4.59. The summed E-state index contributed by atoms with van der Waals surface area (Å²) < 4.78 is 1.50. The van der Waals surface area contributed by atoms with Crippen LogP contribution in [0.2, 0.25) is 5.02 Å². The fourth-order valence-electron chi connectivity index (χ4n) is 3.20. The molecule has 7 heteroatoms. The van der Waals surface area contributed by atoms with Crippen LogP contribution in [0.4, 0.5) is 10.5 Å². The van der Waals surface area contributed by atoms with Crippen molar-refractivity contribution in [1.29, 1.82) is 0 Å². The van der Waals surface area contributed by atoms with Gasteiger partial charge in [-0.2, -0.15) is 0 Å². The first kappa shape index (κ1) is 19.9. The number of nitrogens with zero attached hydrogens (tertiary/aromatic N) is 3. The van der Waals surface area contributed by atoms with E-state index in [1.165, 1.54) is 4.57 Å². The van der Waals surface area contributed by atoms with Gasteiger partial charge in [0.25, 0.3) is 5.56 Å². The van der Waals surface area contributed by atoms with E-state index in [0.29, 0.717) is 34.0 Å². The summed E-state index contributed by atoms with van der Waals surface area (Å²) >= 11 is 6.07. The molecular formula is C21H23ClN4O2. The molecule has 0 saturated carbocycles. The van der Waals surface area contributed by atoms with Gasteiger partial charge in [0.05, 0.1) is 16.9 Å². The average Bonchev–Trinajstić information content (AvgIpc) is 2.69. The summed E-state index contributed by atoms with van der Waals surface area (Å²) in [6.45, 7) is 4.41. The zero-order valence-electron chi connectivity index (χ0n) is 16.1. The quantitative estimate of drug-likeness (QED) is 0.683. The van der Waals surface area contributed by atoms with Crippen molar-refractivity contribution in [2.75, 3.05) is 11.9 Å². The van der Waals surface area contributed by atoms with Crippen molar-refractivity contribution in [2.45, 2.75) is 26.3 Å². The highest BCUT2D eigenvalue weighted by Gasteiger charge is 2.25. The normalized spacial score (nSPS) is 12.0. The Morgan fingerprint density at radius 1 is 1.25 bits per heavy atom. The first-order chi connectivity index (χ1) is 13.4. The van der Waals surface area contributed by atoms with E-state index >= 15 is 0 Å². The van der Waals surface area contributed by atoms with E-state index in [2.05, 4.69) is 10.3 Å². The number of nitrogens with one attached hydrogen (secondary N) is 1.